The molecule has 0 saturated heterocycles. The van der Waals surface area contributed by atoms with Gasteiger partial charge in [-0.05, 0) is 49.2 Å². The molecule has 2 aromatic carbocycles. The average Bonchev–Trinajstić information content (AvgIpc) is 2.95. The summed E-state index contributed by atoms with van der Waals surface area (Å²) in [6.45, 7) is 4.02. The lowest BCUT2D eigenvalue weighted by Gasteiger charge is -2.07. The van der Waals surface area contributed by atoms with E-state index in [1.165, 1.54) is 0 Å². The van der Waals surface area contributed by atoms with Gasteiger partial charge in [0.15, 0.2) is 0 Å². The molecule has 6 nitrogen and oxygen atoms in total. The number of benzene rings is 2. The maximum atomic E-state index is 12.3. The number of sulfonamides is 1. The minimum atomic E-state index is -3.32. The molecule has 0 unspecified atom stereocenters. The van der Waals surface area contributed by atoms with Gasteiger partial charge >= 0.3 is 0 Å². The molecule has 0 fully saturated rings. The van der Waals surface area contributed by atoms with Gasteiger partial charge in [0, 0.05) is 22.3 Å². The zero-order valence-electron chi connectivity index (χ0n) is 14.8. The zero-order valence-corrected chi connectivity index (χ0v) is 15.6. The van der Waals surface area contributed by atoms with Crippen molar-refractivity contribution in [2.75, 3.05) is 16.3 Å². The van der Waals surface area contributed by atoms with E-state index in [9.17, 15) is 13.2 Å². The Bertz CT molecular complexity index is 1070. The maximum absolute atomic E-state index is 12.3. The van der Waals surface area contributed by atoms with Crippen molar-refractivity contribution >= 4 is 38.3 Å². The van der Waals surface area contributed by atoms with E-state index < -0.39 is 10.0 Å². The van der Waals surface area contributed by atoms with E-state index in [4.69, 9.17) is 4.42 Å². The van der Waals surface area contributed by atoms with Crippen molar-refractivity contribution in [1.29, 1.82) is 0 Å². The molecule has 1 aromatic heterocycles. The van der Waals surface area contributed by atoms with E-state index >= 15 is 0 Å². The topological polar surface area (TPSA) is 88.4 Å². The maximum Gasteiger partial charge on any atom is 0.229 e. The number of nitrogens with one attached hydrogen (secondary N) is 2. The number of carbonyl (C=O) groups is 1. The van der Waals surface area contributed by atoms with Crippen LogP contribution in [0, 0.1) is 13.8 Å². The lowest BCUT2D eigenvalue weighted by atomic mass is 10.0. The van der Waals surface area contributed by atoms with Gasteiger partial charge in [0.2, 0.25) is 15.9 Å². The number of furan rings is 1. The third-order valence-corrected chi connectivity index (χ3v) is 4.77. The summed E-state index contributed by atoms with van der Waals surface area (Å²) < 4.78 is 30.4. The molecule has 26 heavy (non-hydrogen) atoms. The molecule has 0 aliphatic heterocycles. The monoisotopic (exact) mass is 372 g/mol. The molecule has 0 bridgehead atoms. The number of hydrogen-bond acceptors (Lipinski definition) is 4. The summed E-state index contributed by atoms with van der Waals surface area (Å²) >= 11 is 0. The van der Waals surface area contributed by atoms with E-state index in [1.807, 2.05) is 26.0 Å². The Hall–Kier alpha value is -2.80. The summed E-state index contributed by atoms with van der Waals surface area (Å²) in [5, 5.41) is 3.74. The highest BCUT2D eigenvalue weighted by Gasteiger charge is 2.13. The third-order valence-electron chi connectivity index (χ3n) is 4.16. The lowest BCUT2D eigenvalue weighted by molar-refractivity contribution is -0.115. The van der Waals surface area contributed by atoms with Gasteiger partial charge < -0.3 is 9.73 Å². The molecule has 136 valence electrons. The standard InChI is InChI=1S/C19H20N2O4S/c1-12-4-9-17-14(11-25-19(17)13(12)2)10-18(22)20-15-5-7-16(8-6-15)21-26(3,23)24/h4-9,11,21H,10H2,1-3H3,(H,20,22). The van der Waals surface area contributed by atoms with Crippen LogP contribution in [0.1, 0.15) is 16.7 Å². The lowest BCUT2D eigenvalue weighted by Crippen LogP contribution is -2.14. The van der Waals surface area contributed by atoms with Gasteiger partial charge in [0.05, 0.1) is 18.9 Å². The summed E-state index contributed by atoms with van der Waals surface area (Å²) in [6.07, 6.45) is 2.90. The van der Waals surface area contributed by atoms with Crippen molar-refractivity contribution < 1.29 is 17.6 Å². The Kier molecular flexibility index (Phi) is 4.73. The smallest absolute Gasteiger partial charge is 0.229 e. The molecule has 3 rings (SSSR count). The van der Waals surface area contributed by atoms with Gasteiger partial charge in [-0.15, -0.1) is 0 Å². The number of carbonyl (C=O) groups excluding carboxylic acids is 1. The minimum absolute atomic E-state index is 0.172. The van der Waals surface area contributed by atoms with Crippen molar-refractivity contribution in [3.63, 3.8) is 0 Å². The third kappa shape index (κ3) is 4.05. The summed E-state index contributed by atoms with van der Waals surface area (Å²) in [4.78, 5) is 12.3. The highest BCUT2D eigenvalue weighted by molar-refractivity contribution is 7.92. The Morgan fingerprint density at radius 2 is 1.69 bits per heavy atom. The van der Waals surface area contributed by atoms with Gasteiger partial charge in [0.25, 0.3) is 0 Å². The Morgan fingerprint density at radius 3 is 2.35 bits per heavy atom. The number of fused-ring (bicyclic) bond motifs is 1. The van der Waals surface area contributed by atoms with Crippen LogP contribution in [0.2, 0.25) is 0 Å². The minimum Gasteiger partial charge on any atom is -0.464 e. The van der Waals surface area contributed by atoms with E-state index in [2.05, 4.69) is 10.0 Å². The van der Waals surface area contributed by atoms with E-state index in [0.717, 1.165) is 33.9 Å². The first-order valence-corrected chi connectivity index (χ1v) is 9.96. The number of aryl methyl sites for hydroxylation is 2. The molecule has 3 aromatic rings. The second-order valence-corrected chi connectivity index (χ2v) is 8.07. The van der Waals surface area contributed by atoms with Gasteiger partial charge in [-0.3, -0.25) is 9.52 Å². The number of hydrogen-bond donors (Lipinski definition) is 2. The fraction of sp³-hybridized carbons (Fsp3) is 0.211. The first-order chi connectivity index (χ1) is 12.2. The van der Waals surface area contributed by atoms with Crippen LogP contribution in [-0.2, 0) is 21.2 Å². The molecule has 0 spiro atoms. The molecule has 1 heterocycles. The highest BCUT2D eigenvalue weighted by atomic mass is 32.2. The molecule has 0 aliphatic carbocycles. The molecule has 7 heteroatoms. The van der Waals surface area contributed by atoms with Crippen LogP contribution in [0.4, 0.5) is 11.4 Å². The summed E-state index contributed by atoms with van der Waals surface area (Å²) in [5.74, 6) is -0.172. The molecular formula is C19H20N2O4S. The fourth-order valence-corrected chi connectivity index (χ4v) is 3.30. The first-order valence-electron chi connectivity index (χ1n) is 8.07. The number of amides is 1. The Labute approximate surface area is 152 Å². The number of rotatable bonds is 5. The first kappa shape index (κ1) is 18.0. The second kappa shape index (κ2) is 6.84. The molecule has 2 N–H and O–H groups in total. The molecule has 0 radical (unpaired) electrons. The predicted octanol–water partition coefficient (Wildman–Crippen LogP) is 3.60. The van der Waals surface area contributed by atoms with Gasteiger partial charge in [-0.2, -0.15) is 0 Å². The highest BCUT2D eigenvalue weighted by Crippen LogP contribution is 2.27. The van der Waals surface area contributed by atoms with E-state index in [0.29, 0.717) is 11.4 Å². The van der Waals surface area contributed by atoms with Crippen LogP contribution in [0.15, 0.2) is 47.1 Å². The number of anilines is 2. The van der Waals surface area contributed by atoms with Crippen molar-refractivity contribution in [1.82, 2.24) is 0 Å². The molecule has 1 amide bonds. The average molecular weight is 372 g/mol. The van der Waals surface area contributed by atoms with Crippen molar-refractivity contribution in [3.05, 3.63) is 59.4 Å². The zero-order chi connectivity index (χ0) is 18.9. The Morgan fingerprint density at radius 1 is 1.04 bits per heavy atom. The van der Waals surface area contributed by atoms with Crippen LogP contribution < -0.4 is 10.0 Å². The van der Waals surface area contributed by atoms with Crippen molar-refractivity contribution in [3.8, 4) is 0 Å². The van der Waals surface area contributed by atoms with Crippen LogP contribution in [-0.4, -0.2) is 20.6 Å². The predicted molar refractivity (Wildman–Crippen MR) is 103 cm³/mol. The molecule has 0 saturated carbocycles. The van der Waals surface area contributed by atoms with Gasteiger partial charge in [0.1, 0.15) is 5.58 Å². The van der Waals surface area contributed by atoms with Crippen LogP contribution in [0.5, 0.6) is 0 Å². The van der Waals surface area contributed by atoms with Crippen LogP contribution >= 0.6 is 0 Å². The van der Waals surface area contributed by atoms with Crippen molar-refractivity contribution in [2.45, 2.75) is 20.3 Å². The Balaban J connectivity index is 1.70. The largest absolute Gasteiger partial charge is 0.464 e. The van der Waals surface area contributed by atoms with E-state index in [-0.39, 0.29) is 12.3 Å². The van der Waals surface area contributed by atoms with Gasteiger partial charge in [-0.25, -0.2) is 8.42 Å². The molecule has 0 aliphatic rings. The second-order valence-electron chi connectivity index (χ2n) is 6.32. The van der Waals surface area contributed by atoms with Crippen LogP contribution in [0.3, 0.4) is 0 Å². The SMILES string of the molecule is Cc1ccc2c(CC(=O)Nc3ccc(NS(C)(=O)=O)cc3)coc2c1C. The normalized spacial score (nSPS) is 11.5. The van der Waals surface area contributed by atoms with E-state index in [1.54, 1.807) is 30.5 Å². The quantitative estimate of drug-likeness (QED) is 0.716. The van der Waals surface area contributed by atoms with Crippen molar-refractivity contribution in [2.24, 2.45) is 0 Å². The van der Waals surface area contributed by atoms with Crippen LogP contribution in [0.25, 0.3) is 11.0 Å². The summed E-state index contributed by atoms with van der Waals surface area (Å²) in [5.41, 5.74) is 4.89. The summed E-state index contributed by atoms with van der Waals surface area (Å²) in [7, 11) is -3.32. The molecular weight excluding hydrogens is 352 g/mol. The summed E-state index contributed by atoms with van der Waals surface area (Å²) in [6, 6.07) is 10.5. The fourth-order valence-electron chi connectivity index (χ4n) is 2.74. The van der Waals surface area contributed by atoms with Gasteiger partial charge in [-0.1, -0.05) is 12.1 Å². The molecule has 0 atom stereocenters.